The van der Waals surface area contributed by atoms with E-state index in [-0.39, 0.29) is 23.5 Å². The maximum Gasteiger partial charge on any atom is 0.573 e. The van der Waals surface area contributed by atoms with E-state index in [9.17, 15) is 23.1 Å². The molecule has 3 atom stereocenters. The van der Waals surface area contributed by atoms with Crippen LogP contribution in [0.1, 0.15) is 12.8 Å². The summed E-state index contributed by atoms with van der Waals surface area (Å²) in [4.78, 5) is 13.6. The first-order chi connectivity index (χ1) is 10.3. The van der Waals surface area contributed by atoms with Crippen molar-refractivity contribution in [3.63, 3.8) is 0 Å². The molecule has 0 bridgehead atoms. The van der Waals surface area contributed by atoms with Crippen LogP contribution in [0.3, 0.4) is 0 Å². The molecule has 22 heavy (non-hydrogen) atoms. The summed E-state index contributed by atoms with van der Waals surface area (Å²) in [5, 5.41) is 10.3. The number of benzene rings is 1. The summed E-state index contributed by atoms with van der Waals surface area (Å²) in [5.41, 5.74) is 1.29. The van der Waals surface area contributed by atoms with Crippen molar-refractivity contribution in [2.75, 3.05) is 4.90 Å². The fraction of sp³-hybridized carbons (Fsp3) is 0.400. The lowest BCUT2D eigenvalue weighted by atomic mass is 9.99. The number of anilines is 1. The lowest BCUT2D eigenvalue weighted by Gasteiger charge is -2.23. The Bertz CT molecular complexity index is 611. The zero-order chi connectivity index (χ0) is 16.1. The second-order valence-electron chi connectivity index (χ2n) is 5.59. The van der Waals surface area contributed by atoms with Crippen molar-refractivity contribution in [1.82, 2.24) is 0 Å². The zero-order valence-corrected chi connectivity index (χ0v) is 11.5. The van der Waals surface area contributed by atoms with Crippen LogP contribution < -0.4 is 9.64 Å². The first kappa shape index (κ1) is 14.9. The largest absolute Gasteiger partial charge is 0.573 e. The van der Waals surface area contributed by atoms with Crippen molar-refractivity contribution < 1.29 is 27.8 Å². The highest BCUT2D eigenvalue weighted by atomic mass is 19.4. The number of carbonyl (C=O) groups excluding carboxylic acids is 1. The van der Waals surface area contributed by atoms with E-state index in [1.165, 1.54) is 17.0 Å². The van der Waals surface area contributed by atoms with Crippen LogP contribution in [0.25, 0.3) is 0 Å². The molecule has 2 fully saturated rings. The van der Waals surface area contributed by atoms with Gasteiger partial charge in [-0.3, -0.25) is 9.69 Å². The Balaban J connectivity index is 1.80. The number of halogens is 3. The van der Waals surface area contributed by atoms with Gasteiger partial charge in [-0.15, -0.1) is 13.2 Å². The van der Waals surface area contributed by atoms with Crippen molar-refractivity contribution in [2.45, 2.75) is 25.4 Å². The van der Waals surface area contributed by atoms with E-state index in [1.54, 1.807) is 0 Å². The predicted octanol–water partition coefficient (Wildman–Crippen LogP) is 2.83. The SMILES string of the molecule is C=C1CC2C(=O)N(c3ccc(OC(F)(F)F)cc3)C(O)C2C1. The highest BCUT2D eigenvalue weighted by Crippen LogP contribution is 2.45. The van der Waals surface area contributed by atoms with Gasteiger partial charge in [0.05, 0.1) is 0 Å². The smallest absolute Gasteiger partial charge is 0.406 e. The minimum absolute atomic E-state index is 0.203. The Labute approximate surface area is 124 Å². The number of carbonyl (C=O) groups is 1. The standard InChI is InChI=1S/C15H14F3NO3/c1-8-6-11-12(7-8)14(21)19(13(11)20)9-2-4-10(5-3-9)22-15(16,17)18/h2-5,11-13,20H,1,6-7H2. The van der Waals surface area contributed by atoms with Crippen LogP contribution in [-0.4, -0.2) is 23.6 Å². The summed E-state index contributed by atoms with van der Waals surface area (Å²) in [7, 11) is 0. The van der Waals surface area contributed by atoms with E-state index in [0.29, 0.717) is 18.5 Å². The lowest BCUT2D eigenvalue weighted by molar-refractivity contribution is -0.274. The first-order valence-corrected chi connectivity index (χ1v) is 6.80. The molecule has 1 aromatic rings. The molecule has 0 spiro atoms. The summed E-state index contributed by atoms with van der Waals surface area (Å²) < 4.78 is 40.2. The zero-order valence-electron chi connectivity index (χ0n) is 11.5. The number of rotatable bonds is 2. The second-order valence-corrected chi connectivity index (χ2v) is 5.59. The van der Waals surface area contributed by atoms with Crippen LogP contribution in [0.15, 0.2) is 36.4 Å². The molecule has 3 unspecified atom stereocenters. The van der Waals surface area contributed by atoms with Gasteiger partial charge in [0.2, 0.25) is 5.91 Å². The fourth-order valence-corrected chi connectivity index (χ4v) is 3.19. The monoisotopic (exact) mass is 313 g/mol. The molecule has 1 saturated heterocycles. The van der Waals surface area contributed by atoms with Crippen LogP contribution >= 0.6 is 0 Å². The molecule has 2 aliphatic rings. The molecule has 4 nitrogen and oxygen atoms in total. The number of ether oxygens (including phenoxy) is 1. The lowest BCUT2D eigenvalue weighted by Crippen LogP contribution is -2.35. The van der Waals surface area contributed by atoms with E-state index in [0.717, 1.165) is 17.7 Å². The Kier molecular flexibility index (Phi) is 3.40. The number of nitrogens with zero attached hydrogens (tertiary/aromatic N) is 1. The summed E-state index contributed by atoms with van der Waals surface area (Å²) in [6.45, 7) is 3.84. The second kappa shape index (κ2) is 5.01. The van der Waals surface area contributed by atoms with Gasteiger partial charge in [0.25, 0.3) is 0 Å². The molecule has 1 aliphatic carbocycles. The van der Waals surface area contributed by atoms with Gasteiger partial charge in [-0.1, -0.05) is 12.2 Å². The molecule has 1 amide bonds. The minimum atomic E-state index is -4.76. The number of aliphatic hydroxyl groups excluding tert-OH is 1. The van der Waals surface area contributed by atoms with Crippen LogP contribution in [0, 0.1) is 11.8 Å². The van der Waals surface area contributed by atoms with Crippen LogP contribution in [-0.2, 0) is 4.79 Å². The van der Waals surface area contributed by atoms with Gasteiger partial charge in [0.15, 0.2) is 0 Å². The molecule has 0 aromatic heterocycles. The average molecular weight is 313 g/mol. The summed E-state index contributed by atoms with van der Waals surface area (Å²) in [5.74, 6) is -1.09. The molecule has 1 N–H and O–H groups in total. The molecule has 1 aliphatic heterocycles. The van der Waals surface area contributed by atoms with Gasteiger partial charge in [0.1, 0.15) is 12.0 Å². The number of fused-ring (bicyclic) bond motifs is 1. The van der Waals surface area contributed by atoms with E-state index < -0.39 is 12.6 Å². The minimum Gasteiger partial charge on any atom is -0.406 e. The Morgan fingerprint density at radius 3 is 2.41 bits per heavy atom. The van der Waals surface area contributed by atoms with Gasteiger partial charge in [0, 0.05) is 17.5 Å². The van der Waals surface area contributed by atoms with Crippen LogP contribution in [0.2, 0.25) is 0 Å². The van der Waals surface area contributed by atoms with E-state index in [2.05, 4.69) is 11.3 Å². The number of amides is 1. The van der Waals surface area contributed by atoms with Crippen molar-refractivity contribution in [1.29, 1.82) is 0 Å². The quantitative estimate of drug-likeness (QED) is 0.854. The molecule has 118 valence electrons. The Morgan fingerprint density at radius 2 is 1.86 bits per heavy atom. The molecular formula is C15H14F3NO3. The normalized spacial score (nSPS) is 28.2. The van der Waals surface area contributed by atoms with Crippen molar-refractivity contribution in [3.8, 4) is 5.75 Å². The van der Waals surface area contributed by atoms with Gasteiger partial charge >= 0.3 is 6.36 Å². The van der Waals surface area contributed by atoms with Gasteiger partial charge in [-0.25, -0.2) is 0 Å². The maximum atomic E-state index is 12.4. The Hall–Kier alpha value is -2.02. The molecule has 1 aromatic carbocycles. The molecule has 1 saturated carbocycles. The van der Waals surface area contributed by atoms with Gasteiger partial charge in [-0.2, -0.15) is 0 Å². The predicted molar refractivity (Wildman–Crippen MR) is 72.0 cm³/mol. The Morgan fingerprint density at radius 1 is 1.23 bits per heavy atom. The molecule has 1 heterocycles. The molecule has 7 heteroatoms. The van der Waals surface area contributed by atoms with Gasteiger partial charge < -0.3 is 9.84 Å². The van der Waals surface area contributed by atoms with Crippen molar-refractivity contribution in [2.24, 2.45) is 11.8 Å². The highest BCUT2D eigenvalue weighted by Gasteiger charge is 2.51. The first-order valence-electron chi connectivity index (χ1n) is 6.80. The maximum absolute atomic E-state index is 12.4. The van der Waals surface area contributed by atoms with E-state index >= 15 is 0 Å². The topological polar surface area (TPSA) is 49.8 Å². The third kappa shape index (κ3) is 2.56. The highest BCUT2D eigenvalue weighted by molar-refractivity contribution is 5.98. The number of hydrogen-bond donors (Lipinski definition) is 1. The van der Waals surface area contributed by atoms with Crippen molar-refractivity contribution in [3.05, 3.63) is 36.4 Å². The number of aliphatic hydroxyl groups is 1. The number of allylic oxidation sites excluding steroid dienone is 1. The third-order valence-corrected chi connectivity index (χ3v) is 4.10. The molecule has 3 rings (SSSR count). The van der Waals surface area contributed by atoms with E-state index in [4.69, 9.17) is 0 Å². The number of alkyl halides is 3. The molecule has 0 radical (unpaired) electrons. The van der Waals surface area contributed by atoms with Crippen LogP contribution in [0.4, 0.5) is 18.9 Å². The van der Waals surface area contributed by atoms with Crippen molar-refractivity contribution >= 4 is 11.6 Å². The van der Waals surface area contributed by atoms with Crippen LogP contribution in [0.5, 0.6) is 5.75 Å². The summed E-state index contributed by atoms with van der Waals surface area (Å²) in [6, 6.07) is 4.90. The third-order valence-electron chi connectivity index (χ3n) is 4.10. The van der Waals surface area contributed by atoms with Gasteiger partial charge in [-0.05, 0) is 37.1 Å². The fourth-order valence-electron chi connectivity index (χ4n) is 3.19. The average Bonchev–Trinajstić information content (AvgIpc) is 2.89. The summed E-state index contributed by atoms with van der Waals surface area (Å²) in [6.07, 6.45) is -4.61. The van der Waals surface area contributed by atoms with E-state index in [1.807, 2.05) is 0 Å². The summed E-state index contributed by atoms with van der Waals surface area (Å²) >= 11 is 0. The molecular weight excluding hydrogens is 299 g/mol. The number of hydrogen-bond acceptors (Lipinski definition) is 3.